The van der Waals surface area contributed by atoms with Crippen molar-refractivity contribution in [3.63, 3.8) is 0 Å². The molecule has 0 radical (unpaired) electrons. The number of piperidine rings is 1. The highest BCUT2D eigenvalue weighted by Crippen LogP contribution is 2.32. The Labute approximate surface area is 193 Å². The molecule has 3 rings (SSSR count). The van der Waals surface area contributed by atoms with Crippen LogP contribution in [0.5, 0.6) is 11.5 Å². The number of ether oxygens (including phenoxy) is 3. The summed E-state index contributed by atoms with van der Waals surface area (Å²) in [5.41, 5.74) is 0.460. The van der Waals surface area contributed by atoms with Crippen molar-refractivity contribution in [1.82, 2.24) is 15.0 Å². The van der Waals surface area contributed by atoms with Crippen molar-refractivity contribution in [2.45, 2.75) is 33.0 Å². The summed E-state index contributed by atoms with van der Waals surface area (Å²) in [7, 11) is 1.33. The van der Waals surface area contributed by atoms with E-state index in [2.05, 4.69) is 26.7 Å². The van der Waals surface area contributed by atoms with Gasteiger partial charge in [-0.05, 0) is 37.0 Å². The first kappa shape index (κ1) is 24.2. The summed E-state index contributed by atoms with van der Waals surface area (Å²) in [5, 5.41) is 3.82. The lowest BCUT2D eigenvalue weighted by molar-refractivity contribution is -0.142. The molecule has 1 saturated heterocycles. The number of carbonyl (C=O) groups excluding carboxylic acids is 1. The minimum atomic E-state index is -2.97. The maximum Gasteiger partial charge on any atom is 0.387 e. The minimum absolute atomic E-state index is 0.0919. The van der Waals surface area contributed by atoms with Crippen molar-refractivity contribution >= 4 is 34.3 Å². The number of aromatic nitrogens is 2. The summed E-state index contributed by atoms with van der Waals surface area (Å²) >= 11 is 6.67. The Balaban J connectivity index is 1.49. The summed E-state index contributed by atoms with van der Waals surface area (Å²) in [6, 6.07) is 4.25. The fourth-order valence-corrected chi connectivity index (χ4v) is 4.07. The number of methoxy groups -OCH3 is 1. The molecule has 12 heteroatoms. The fourth-order valence-electron chi connectivity index (χ4n) is 3.02. The molecule has 1 aliphatic heterocycles. The molecule has 0 atom stereocenters. The van der Waals surface area contributed by atoms with E-state index in [0.717, 1.165) is 25.9 Å². The number of esters is 1. The number of thiocarbonyl (C=S) groups is 1. The number of thioether (sulfide) groups is 1. The third kappa shape index (κ3) is 6.76. The second-order valence-electron chi connectivity index (χ2n) is 7.14. The summed E-state index contributed by atoms with van der Waals surface area (Å²) < 4.78 is 45.3. The van der Waals surface area contributed by atoms with E-state index in [1.165, 1.54) is 37.1 Å². The molecule has 1 fully saturated rings. The average molecular weight is 488 g/mol. The van der Waals surface area contributed by atoms with Gasteiger partial charge in [-0.15, -0.1) is 0 Å². The van der Waals surface area contributed by atoms with Gasteiger partial charge in [0.2, 0.25) is 5.82 Å². The van der Waals surface area contributed by atoms with E-state index in [1.54, 1.807) is 0 Å². The molecule has 0 bridgehead atoms. The molecule has 1 aromatic heterocycles. The third-order valence-electron chi connectivity index (χ3n) is 4.82. The van der Waals surface area contributed by atoms with Gasteiger partial charge in [0.05, 0.1) is 12.9 Å². The predicted molar refractivity (Wildman–Crippen MR) is 118 cm³/mol. The Kier molecular flexibility index (Phi) is 8.62. The summed E-state index contributed by atoms with van der Waals surface area (Å²) in [6.45, 7) is 0.877. The Morgan fingerprint density at radius 2 is 2.09 bits per heavy atom. The molecule has 0 unspecified atom stereocenters. The van der Waals surface area contributed by atoms with Gasteiger partial charge in [0.1, 0.15) is 4.32 Å². The largest absolute Gasteiger partial charge is 0.493 e. The van der Waals surface area contributed by atoms with Crippen LogP contribution >= 0.6 is 24.0 Å². The van der Waals surface area contributed by atoms with Gasteiger partial charge < -0.3 is 23.6 Å². The van der Waals surface area contributed by atoms with Crippen LogP contribution in [-0.4, -0.2) is 57.9 Å². The number of hydrogen-bond donors (Lipinski definition) is 0. The lowest BCUT2D eigenvalue weighted by atomic mass is 10.00. The van der Waals surface area contributed by atoms with Crippen molar-refractivity contribution < 1.29 is 32.3 Å². The molecular weight excluding hydrogens is 464 g/mol. The Hall–Kier alpha value is -2.47. The maximum absolute atomic E-state index is 12.5. The van der Waals surface area contributed by atoms with Crippen LogP contribution in [0, 0.1) is 5.92 Å². The van der Waals surface area contributed by atoms with Crippen LogP contribution < -0.4 is 9.47 Å². The Morgan fingerprint density at radius 3 is 2.78 bits per heavy atom. The van der Waals surface area contributed by atoms with Gasteiger partial charge in [-0.2, -0.15) is 13.8 Å². The number of nitrogens with zero attached hydrogens (tertiary/aromatic N) is 3. The number of likely N-dealkylation sites (tertiary alicyclic amines) is 1. The van der Waals surface area contributed by atoms with Crippen LogP contribution in [-0.2, 0) is 16.1 Å². The van der Waals surface area contributed by atoms with E-state index in [-0.39, 0.29) is 35.6 Å². The first-order chi connectivity index (χ1) is 15.4. The van der Waals surface area contributed by atoms with E-state index >= 15 is 0 Å². The van der Waals surface area contributed by atoms with Gasteiger partial charge >= 0.3 is 12.6 Å². The maximum atomic E-state index is 12.5. The molecule has 32 heavy (non-hydrogen) atoms. The lowest BCUT2D eigenvalue weighted by Gasteiger charge is -2.31. The van der Waals surface area contributed by atoms with Crippen LogP contribution in [0.4, 0.5) is 8.78 Å². The van der Waals surface area contributed by atoms with Crippen LogP contribution in [0.3, 0.4) is 0 Å². The van der Waals surface area contributed by atoms with Crippen molar-refractivity contribution in [1.29, 1.82) is 0 Å². The van der Waals surface area contributed by atoms with Gasteiger partial charge in [-0.1, -0.05) is 36.1 Å². The molecular formula is C20H23F2N3O5S2. The monoisotopic (exact) mass is 487 g/mol. The molecule has 2 aromatic rings. The van der Waals surface area contributed by atoms with E-state index in [9.17, 15) is 13.6 Å². The number of halogens is 2. The molecule has 174 valence electrons. The van der Waals surface area contributed by atoms with E-state index in [0.29, 0.717) is 15.8 Å². The van der Waals surface area contributed by atoms with Gasteiger partial charge in [-0.3, -0.25) is 4.79 Å². The Morgan fingerprint density at radius 1 is 1.34 bits per heavy atom. The van der Waals surface area contributed by atoms with Gasteiger partial charge in [0.15, 0.2) is 18.1 Å². The van der Waals surface area contributed by atoms with Gasteiger partial charge in [-0.25, -0.2) is 0 Å². The quantitative estimate of drug-likeness (QED) is 0.400. The zero-order valence-corrected chi connectivity index (χ0v) is 19.2. The zero-order valence-electron chi connectivity index (χ0n) is 17.6. The van der Waals surface area contributed by atoms with Crippen LogP contribution in [0.1, 0.15) is 25.7 Å². The molecule has 1 aliphatic rings. The van der Waals surface area contributed by atoms with Crippen molar-refractivity contribution in [3.05, 3.63) is 24.1 Å². The van der Waals surface area contributed by atoms with Crippen molar-refractivity contribution in [2.75, 3.05) is 26.0 Å². The predicted octanol–water partition coefficient (Wildman–Crippen LogP) is 4.14. The molecule has 0 spiro atoms. The second kappa shape index (κ2) is 11.4. The molecule has 0 N–H and O–H groups in total. The highest BCUT2D eigenvalue weighted by Gasteiger charge is 2.20. The number of rotatable bonds is 8. The molecule has 2 heterocycles. The first-order valence-corrected chi connectivity index (χ1v) is 11.3. The number of benzene rings is 1. The van der Waals surface area contributed by atoms with Crippen LogP contribution in [0.2, 0.25) is 0 Å². The molecule has 0 aliphatic carbocycles. The highest BCUT2D eigenvalue weighted by molar-refractivity contribution is 8.23. The van der Waals surface area contributed by atoms with Crippen LogP contribution in [0.15, 0.2) is 22.7 Å². The van der Waals surface area contributed by atoms with Crippen LogP contribution in [0.25, 0.3) is 11.4 Å². The number of hydrogen-bond acceptors (Lipinski definition) is 9. The summed E-state index contributed by atoms with van der Waals surface area (Å²) in [5.74, 6) is 0.612. The average Bonchev–Trinajstić information content (AvgIpc) is 3.25. The molecule has 0 saturated carbocycles. The highest BCUT2D eigenvalue weighted by atomic mass is 32.2. The van der Waals surface area contributed by atoms with Gasteiger partial charge in [0, 0.05) is 18.7 Å². The fraction of sp³-hybridized carbons (Fsp3) is 0.500. The second-order valence-corrected chi connectivity index (χ2v) is 8.75. The first-order valence-electron chi connectivity index (χ1n) is 9.89. The molecule has 8 nitrogen and oxygen atoms in total. The third-order valence-corrected chi connectivity index (χ3v) is 6.31. The Bertz CT molecular complexity index is 936. The van der Waals surface area contributed by atoms with E-state index in [4.69, 9.17) is 26.2 Å². The standard InChI is InChI=1S/C20H23F2N3O5S2/c1-12-5-7-25(8-6-12)20(31)32-11-17(26)28-10-16-23-18(24-30-16)13-3-4-14(29-19(21)22)15(9-13)27-2/h3-4,9,12,19H,5-8,10-11H2,1-2H3. The van der Waals surface area contributed by atoms with E-state index < -0.39 is 12.6 Å². The van der Waals surface area contributed by atoms with Crippen molar-refractivity contribution in [2.24, 2.45) is 5.92 Å². The summed E-state index contributed by atoms with van der Waals surface area (Å²) in [6.07, 6.45) is 2.19. The molecule has 1 aromatic carbocycles. The lowest BCUT2D eigenvalue weighted by Crippen LogP contribution is -2.35. The van der Waals surface area contributed by atoms with Crippen molar-refractivity contribution in [3.8, 4) is 22.9 Å². The van der Waals surface area contributed by atoms with E-state index in [1.807, 2.05) is 0 Å². The number of carbonyl (C=O) groups is 1. The minimum Gasteiger partial charge on any atom is -0.493 e. The summed E-state index contributed by atoms with van der Waals surface area (Å²) in [4.78, 5) is 18.3. The SMILES string of the molecule is COc1cc(-c2noc(COC(=O)CSC(=S)N3CCC(C)CC3)n2)ccc1OC(F)F. The zero-order chi connectivity index (χ0) is 23.1. The normalized spacial score (nSPS) is 14.5. The molecule has 0 amide bonds. The number of alkyl halides is 2. The smallest absolute Gasteiger partial charge is 0.387 e. The topological polar surface area (TPSA) is 86.9 Å². The van der Waals surface area contributed by atoms with Gasteiger partial charge in [0.25, 0.3) is 5.89 Å².